The third kappa shape index (κ3) is 3.32. The molecule has 8 heteroatoms. The van der Waals surface area contributed by atoms with E-state index in [-0.39, 0.29) is 12.3 Å². The monoisotopic (exact) mass is 389 g/mol. The number of ether oxygens (including phenoxy) is 1. The van der Waals surface area contributed by atoms with Gasteiger partial charge in [-0.1, -0.05) is 11.8 Å². The maximum absolute atomic E-state index is 12.1. The average Bonchev–Trinajstić information content (AvgIpc) is 3.00. The van der Waals surface area contributed by atoms with E-state index < -0.39 is 5.60 Å². The van der Waals surface area contributed by atoms with E-state index >= 15 is 0 Å². The van der Waals surface area contributed by atoms with Gasteiger partial charge in [-0.15, -0.1) is 0 Å². The third-order valence-corrected chi connectivity index (χ3v) is 4.89. The van der Waals surface area contributed by atoms with Crippen molar-refractivity contribution in [2.24, 2.45) is 0 Å². The highest BCUT2D eigenvalue weighted by Gasteiger charge is 2.42. The Morgan fingerprint density at radius 3 is 2.86 bits per heavy atom. The highest BCUT2D eigenvalue weighted by Crippen LogP contribution is 2.30. The number of rotatable bonds is 2. The highest BCUT2D eigenvalue weighted by molar-refractivity contribution is 5.90. The second-order valence-corrected chi connectivity index (χ2v) is 6.83. The number of likely N-dealkylation sites (tertiary alicyclic amines) is 1. The summed E-state index contributed by atoms with van der Waals surface area (Å²) in [5, 5.41) is 11.3. The molecule has 3 heterocycles. The number of benzene rings is 1. The van der Waals surface area contributed by atoms with Crippen LogP contribution in [0.15, 0.2) is 36.7 Å². The van der Waals surface area contributed by atoms with Crippen molar-refractivity contribution >= 4 is 22.6 Å². The van der Waals surface area contributed by atoms with Crippen LogP contribution in [-0.2, 0) is 4.79 Å². The predicted octanol–water partition coefficient (Wildman–Crippen LogP) is 1.23. The third-order valence-electron chi connectivity index (χ3n) is 4.89. The molecule has 2 aromatic heterocycles. The fraction of sp³-hybridized carbons (Fsp3) is 0.238. The number of amides is 1. The van der Waals surface area contributed by atoms with Crippen molar-refractivity contribution in [1.29, 1.82) is 0 Å². The maximum Gasteiger partial charge on any atom is 0.267 e. The molecule has 0 aliphatic carbocycles. The van der Waals surface area contributed by atoms with Crippen LogP contribution in [0.25, 0.3) is 22.3 Å². The molecule has 1 aromatic carbocycles. The Hall–Kier alpha value is -3.70. The minimum absolute atomic E-state index is 0.276. The molecule has 1 atom stereocenters. The number of nitrogen functional groups attached to an aromatic ring is 1. The van der Waals surface area contributed by atoms with Crippen molar-refractivity contribution in [1.82, 2.24) is 19.9 Å². The molecule has 0 saturated carbocycles. The predicted molar refractivity (Wildman–Crippen MR) is 108 cm³/mol. The fourth-order valence-corrected chi connectivity index (χ4v) is 3.21. The molecule has 0 bridgehead atoms. The number of nitrogens with two attached hydrogens (primary N) is 1. The van der Waals surface area contributed by atoms with Crippen molar-refractivity contribution in [2.75, 3.05) is 26.4 Å². The van der Waals surface area contributed by atoms with Crippen LogP contribution >= 0.6 is 0 Å². The number of fused-ring (bicyclic) bond motifs is 1. The molecule has 146 valence electrons. The number of hydrogen-bond donors (Lipinski definition) is 2. The quantitative estimate of drug-likeness (QED) is 0.634. The smallest absolute Gasteiger partial charge is 0.267 e. The van der Waals surface area contributed by atoms with Gasteiger partial charge in [0, 0.05) is 43.4 Å². The Bertz CT molecular complexity index is 1180. The fourth-order valence-electron chi connectivity index (χ4n) is 3.21. The normalized spacial score (nSPS) is 18.6. The molecule has 3 aromatic rings. The summed E-state index contributed by atoms with van der Waals surface area (Å²) in [5.41, 5.74) is 6.04. The molecule has 1 aliphatic rings. The van der Waals surface area contributed by atoms with E-state index in [0.29, 0.717) is 40.6 Å². The minimum Gasteiger partial charge on any atom is -0.496 e. The van der Waals surface area contributed by atoms with Crippen molar-refractivity contribution in [3.05, 3.63) is 42.2 Å². The molecule has 3 N–H and O–H groups in total. The first-order valence-electron chi connectivity index (χ1n) is 8.98. The maximum atomic E-state index is 12.1. The first kappa shape index (κ1) is 18.7. The zero-order valence-corrected chi connectivity index (χ0v) is 16.0. The lowest BCUT2D eigenvalue weighted by Crippen LogP contribution is -2.37. The Labute approximate surface area is 167 Å². The van der Waals surface area contributed by atoms with Gasteiger partial charge in [-0.05, 0) is 24.3 Å². The van der Waals surface area contributed by atoms with Crippen LogP contribution in [0.5, 0.6) is 5.75 Å². The summed E-state index contributed by atoms with van der Waals surface area (Å²) >= 11 is 0. The van der Waals surface area contributed by atoms with E-state index in [2.05, 4.69) is 26.8 Å². The SMILES string of the molecule is COc1ccc(C#C[C@@]2(O)CCN(C)C2=O)cc1-c1ncc2ccnc(N)c2n1. The lowest BCUT2D eigenvalue weighted by molar-refractivity contribution is -0.137. The summed E-state index contributed by atoms with van der Waals surface area (Å²) in [6.07, 6.45) is 3.55. The van der Waals surface area contributed by atoms with Gasteiger partial charge in [-0.2, -0.15) is 0 Å². The van der Waals surface area contributed by atoms with Gasteiger partial charge in [0.15, 0.2) is 5.82 Å². The topological polar surface area (TPSA) is 114 Å². The number of pyridine rings is 1. The highest BCUT2D eigenvalue weighted by atomic mass is 16.5. The van der Waals surface area contributed by atoms with E-state index in [4.69, 9.17) is 10.5 Å². The van der Waals surface area contributed by atoms with Gasteiger partial charge >= 0.3 is 0 Å². The zero-order valence-electron chi connectivity index (χ0n) is 16.0. The molecule has 0 unspecified atom stereocenters. The van der Waals surface area contributed by atoms with E-state index in [9.17, 15) is 9.90 Å². The summed E-state index contributed by atoms with van der Waals surface area (Å²) in [6, 6.07) is 7.03. The summed E-state index contributed by atoms with van der Waals surface area (Å²) in [6.45, 7) is 0.470. The molecule has 1 aliphatic heterocycles. The lowest BCUT2D eigenvalue weighted by atomic mass is 10.0. The standard InChI is InChI=1S/C21H19N5O3/c1-26-10-8-21(28,20(26)27)7-5-13-3-4-16(29-2)15(11-13)19-24-12-14-6-9-23-18(22)17(14)25-19/h3-4,6,9,11-12,28H,8,10H2,1-2H3,(H2,22,23)/t21-/m1/s1. The van der Waals surface area contributed by atoms with Gasteiger partial charge in [0.2, 0.25) is 5.60 Å². The summed E-state index contributed by atoms with van der Waals surface area (Å²) in [5.74, 6) is 6.50. The number of carbonyl (C=O) groups is 1. The number of aliphatic hydroxyl groups is 1. The van der Waals surface area contributed by atoms with Gasteiger partial charge in [-0.25, -0.2) is 15.0 Å². The molecule has 8 nitrogen and oxygen atoms in total. The zero-order chi connectivity index (χ0) is 20.6. The number of anilines is 1. The van der Waals surface area contributed by atoms with Crippen molar-refractivity contribution < 1.29 is 14.6 Å². The van der Waals surface area contributed by atoms with Crippen molar-refractivity contribution in [2.45, 2.75) is 12.0 Å². The lowest BCUT2D eigenvalue weighted by Gasteiger charge is -2.13. The Balaban J connectivity index is 1.77. The minimum atomic E-state index is -1.66. The summed E-state index contributed by atoms with van der Waals surface area (Å²) in [4.78, 5) is 26.6. The van der Waals surface area contributed by atoms with Crippen LogP contribution < -0.4 is 10.5 Å². The summed E-state index contributed by atoms with van der Waals surface area (Å²) < 4.78 is 5.44. The number of methoxy groups -OCH3 is 1. The molecule has 0 radical (unpaired) electrons. The number of nitrogens with zero attached hydrogens (tertiary/aromatic N) is 4. The van der Waals surface area contributed by atoms with Gasteiger partial charge in [0.25, 0.3) is 5.91 Å². The largest absolute Gasteiger partial charge is 0.496 e. The van der Waals surface area contributed by atoms with Crippen LogP contribution in [0.2, 0.25) is 0 Å². The second kappa shape index (κ2) is 7.04. The van der Waals surface area contributed by atoms with Gasteiger partial charge in [0.05, 0.1) is 12.7 Å². The van der Waals surface area contributed by atoms with E-state index in [0.717, 1.165) is 5.39 Å². The van der Waals surface area contributed by atoms with Gasteiger partial charge in [0.1, 0.15) is 17.1 Å². The first-order valence-corrected chi connectivity index (χ1v) is 8.98. The van der Waals surface area contributed by atoms with Crippen molar-refractivity contribution in [3.63, 3.8) is 0 Å². The van der Waals surface area contributed by atoms with E-state index in [1.807, 2.05) is 0 Å². The van der Waals surface area contributed by atoms with E-state index in [1.165, 1.54) is 4.90 Å². The van der Waals surface area contributed by atoms with Crippen LogP contribution in [0.1, 0.15) is 12.0 Å². The molecule has 1 amide bonds. The van der Waals surface area contributed by atoms with Gasteiger partial charge in [-0.3, -0.25) is 4.79 Å². The second-order valence-electron chi connectivity index (χ2n) is 6.83. The first-order chi connectivity index (χ1) is 13.9. The molecule has 0 spiro atoms. The Morgan fingerprint density at radius 2 is 2.14 bits per heavy atom. The Morgan fingerprint density at radius 1 is 1.31 bits per heavy atom. The number of likely N-dealkylation sites (N-methyl/N-ethyl adjacent to an activating group) is 1. The number of aromatic nitrogens is 3. The molecular formula is C21H19N5O3. The van der Waals surface area contributed by atoms with Crippen LogP contribution in [0, 0.1) is 11.8 Å². The van der Waals surface area contributed by atoms with Gasteiger partial charge < -0.3 is 20.5 Å². The number of carbonyl (C=O) groups excluding carboxylic acids is 1. The molecule has 29 heavy (non-hydrogen) atoms. The molecule has 1 fully saturated rings. The molecule has 4 rings (SSSR count). The van der Waals surface area contributed by atoms with Crippen LogP contribution in [0.3, 0.4) is 0 Å². The molecular weight excluding hydrogens is 370 g/mol. The summed E-state index contributed by atoms with van der Waals surface area (Å²) in [7, 11) is 3.20. The van der Waals surface area contributed by atoms with E-state index in [1.54, 1.807) is 50.8 Å². The molecule has 1 saturated heterocycles. The van der Waals surface area contributed by atoms with Crippen LogP contribution in [0.4, 0.5) is 5.82 Å². The Kier molecular flexibility index (Phi) is 4.53. The number of hydrogen-bond acceptors (Lipinski definition) is 7. The average molecular weight is 389 g/mol. The van der Waals surface area contributed by atoms with Crippen LogP contribution in [-0.4, -0.2) is 57.2 Å². The van der Waals surface area contributed by atoms with Crippen molar-refractivity contribution in [3.8, 4) is 29.0 Å².